The maximum atomic E-state index is 13.2. The van der Waals surface area contributed by atoms with Gasteiger partial charge in [0.1, 0.15) is 5.69 Å². The molecule has 1 saturated carbocycles. The Kier molecular flexibility index (Phi) is 6.84. The van der Waals surface area contributed by atoms with E-state index in [1.807, 2.05) is 51.5 Å². The van der Waals surface area contributed by atoms with Crippen LogP contribution in [0, 0.1) is 5.92 Å². The number of rotatable bonds is 9. The number of anilines is 1. The molecule has 1 aliphatic carbocycles. The standard InChI is InChI=1S/C24H29N7O2S/c32-22-7-4-11-30(22)16-21(17-5-2-1-3-6-17)27-23(33)18-8-9-20(13-18)31-15-19(28-29-31)14-26-24-25-10-12-34-24/h1-3,5-6,10,12,15,18,20-21H,4,7-9,11,13-14,16H2,(H,25,26)(H,27,33). The van der Waals surface area contributed by atoms with Crippen LogP contribution in [0.2, 0.25) is 0 Å². The molecule has 2 fully saturated rings. The summed E-state index contributed by atoms with van der Waals surface area (Å²) in [5, 5.41) is 17.8. The highest BCUT2D eigenvalue weighted by Crippen LogP contribution is 2.35. The average molecular weight is 480 g/mol. The molecule has 3 aromatic rings. The highest BCUT2D eigenvalue weighted by molar-refractivity contribution is 7.13. The van der Waals surface area contributed by atoms with Crippen molar-refractivity contribution in [2.45, 2.75) is 50.7 Å². The van der Waals surface area contributed by atoms with Crippen molar-refractivity contribution in [1.82, 2.24) is 30.2 Å². The number of carbonyl (C=O) groups excluding carboxylic acids is 2. The van der Waals surface area contributed by atoms with Crippen molar-refractivity contribution in [2.24, 2.45) is 5.92 Å². The molecule has 2 N–H and O–H groups in total. The van der Waals surface area contributed by atoms with Gasteiger partial charge < -0.3 is 15.5 Å². The zero-order chi connectivity index (χ0) is 23.3. The molecular weight excluding hydrogens is 450 g/mol. The third-order valence-electron chi connectivity index (χ3n) is 6.65. The molecule has 2 aliphatic rings. The molecule has 5 rings (SSSR count). The highest BCUT2D eigenvalue weighted by Gasteiger charge is 2.33. The number of nitrogens with zero attached hydrogens (tertiary/aromatic N) is 5. The fourth-order valence-corrected chi connectivity index (χ4v) is 5.34. The van der Waals surface area contributed by atoms with Crippen LogP contribution in [0.25, 0.3) is 0 Å². The maximum Gasteiger partial charge on any atom is 0.223 e. The van der Waals surface area contributed by atoms with Gasteiger partial charge in [-0.2, -0.15) is 0 Å². The Morgan fingerprint density at radius 2 is 2.12 bits per heavy atom. The SMILES string of the molecule is O=C(NC(CN1CCCC1=O)c1ccccc1)C1CCC(n2cc(CNc3nccs3)nn2)C1. The number of likely N-dealkylation sites (tertiary alicyclic amines) is 1. The van der Waals surface area contributed by atoms with E-state index in [2.05, 4.69) is 25.9 Å². The second-order valence-corrected chi connectivity index (χ2v) is 9.85. The van der Waals surface area contributed by atoms with Crippen molar-refractivity contribution in [1.29, 1.82) is 0 Å². The lowest BCUT2D eigenvalue weighted by Gasteiger charge is -2.26. The molecule has 1 aliphatic heterocycles. The molecule has 1 saturated heterocycles. The fraction of sp³-hybridized carbons (Fsp3) is 0.458. The van der Waals surface area contributed by atoms with E-state index < -0.39 is 0 Å². The van der Waals surface area contributed by atoms with Crippen molar-refractivity contribution < 1.29 is 9.59 Å². The summed E-state index contributed by atoms with van der Waals surface area (Å²) in [4.78, 5) is 31.5. The smallest absolute Gasteiger partial charge is 0.223 e. The van der Waals surface area contributed by atoms with Gasteiger partial charge in [0.2, 0.25) is 11.8 Å². The lowest BCUT2D eigenvalue weighted by Crippen LogP contribution is -2.40. The zero-order valence-electron chi connectivity index (χ0n) is 19.0. The van der Waals surface area contributed by atoms with Gasteiger partial charge in [0.15, 0.2) is 5.13 Å². The van der Waals surface area contributed by atoms with Crippen LogP contribution in [0.4, 0.5) is 5.13 Å². The minimum absolute atomic E-state index is 0.0498. The van der Waals surface area contributed by atoms with Gasteiger partial charge in [-0.1, -0.05) is 35.5 Å². The lowest BCUT2D eigenvalue weighted by atomic mass is 10.0. The number of nitrogens with one attached hydrogen (secondary N) is 2. The quantitative estimate of drug-likeness (QED) is 0.488. The molecular formula is C24H29N7O2S. The Balaban J connectivity index is 1.18. The predicted octanol–water partition coefficient (Wildman–Crippen LogP) is 3.17. The Labute approximate surface area is 202 Å². The van der Waals surface area contributed by atoms with Crippen molar-refractivity contribution in [3.63, 3.8) is 0 Å². The third kappa shape index (κ3) is 5.27. The van der Waals surface area contributed by atoms with Gasteiger partial charge >= 0.3 is 0 Å². The van der Waals surface area contributed by atoms with Crippen molar-refractivity contribution in [3.05, 3.63) is 59.4 Å². The number of amides is 2. The van der Waals surface area contributed by atoms with Crippen LogP contribution < -0.4 is 10.6 Å². The minimum Gasteiger partial charge on any atom is -0.356 e. The van der Waals surface area contributed by atoms with E-state index in [-0.39, 0.29) is 29.8 Å². The third-order valence-corrected chi connectivity index (χ3v) is 7.38. The first-order valence-electron chi connectivity index (χ1n) is 11.8. The van der Waals surface area contributed by atoms with Gasteiger partial charge in [0.05, 0.1) is 24.8 Å². The second-order valence-electron chi connectivity index (χ2n) is 8.96. The van der Waals surface area contributed by atoms with Gasteiger partial charge in [-0.25, -0.2) is 9.67 Å². The van der Waals surface area contributed by atoms with Crippen molar-refractivity contribution >= 4 is 28.3 Å². The van der Waals surface area contributed by atoms with E-state index in [1.54, 1.807) is 17.5 Å². The maximum absolute atomic E-state index is 13.2. The monoisotopic (exact) mass is 479 g/mol. The lowest BCUT2D eigenvalue weighted by molar-refractivity contribution is -0.130. The summed E-state index contributed by atoms with van der Waals surface area (Å²) in [5.41, 5.74) is 1.88. The average Bonchev–Trinajstić information content (AvgIpc) is 3.66. The number of carbonyl (C=O) groups is 2. The van der Waals surface area contributed by atoms with Crippen LogP contribution in [-0.2, 0) is 16.1 Å². The van der Waals surface area contributed by atoms with Crippen LogP contribution >= 0.6 is 11.3 Å². The number of hydrogen-bond acceptors (Lipinski definition) is 7. The van der Waals surface area contributed by atoms with E-state index in [0.717, 1.165) is 48.6 Å². The molecule has 2 amide bonds. The Bertz CT molecular complexity index is 1100. The van der Waals surface area contributed by atoms with Crippen LogP contribution in [0.15, 0.2) is 48.1 Å². The molecule has 0 radical (unpaired) electrons. The largest absolute Gasteiger partial charge is 0.356 e. The van der Waals surface area contributed by atoms with Crippen molar-refractivity contribution in [2.75, 3.05) is 18.4 Å². The van der Waals surface area contributed by atoms with Crippen LogP contribution in [-0.4, -0.2) is 49.8 Å². The number of hydrogen-bond donors (Lipinski definition) is 2. The molecule has 10 heteroatoms. The number of thiazole rings is 1. The predicted molar refractivity (Wildman–Crippen MR) is 129 cm³/mol. The highest BCUT2D eigenvalue weighted by atomic mass is 32.1. The Hall–Kier alpha value is -3.27. The fourth-order valence-electron chi connectivity index (χ4n) is 4.81. The molecule has 178 valence electrons. The van der Waals surface area contributed by atoms with Crippen LogP contribution in [0.5, 0.6) is 0 Å². The Morgan fingerprint density at radius 3 is 2.88 bits per heavy atom. The molecule has 0 bridgehead atoms. The molecule has 34 heavy (non-hydrogen) atoms. The van der Waals surface area contributed by atoms with E-state index in [1.165, 1.54) is 0 Å². The molecule has 1 aromatic carbocycles. The van der Waals surface area contributed by atoms with Crippen molar-refractivity contribution in [3.8, 4) is 0 Å². The van der Waals surface area contributed by atoms with Crippen LogP contribution in [0.1, 0.15) is 55.4 Å². The van der Waals surface area contributed by atoms with Crippen LogP contribution in [0.3, 0.4) is 0 Å². The van der Waals surface area contributed by atoms with E-state index in [0.29, 0.717) is 19.5 Å². The molecule has 3 unspecified atom stereocenters. The molecule has 3 atom stereocenters. The van der Waals surface area contributed by atoms with Gasteiger partial charge in [-0.15, -0.1) is 16.4 Å². The number of benzene rings is 1. The molecule has 3 heterocycles. The summed E-state index contributed by atoms with van der Waals surface area (Å²) < 4.78 is 1.89. The number of aromatic nitrogens is 4. The first-order valence-corrected chi connectivity index (χ1v) is 12.7. The second kappa shape index (κ2) is 10.3. The topological polar surface area (TPSA) is 105 Å². The summed E-state index contributed by atoms with van der Waals surface area (Å²) >= 11 is 1.55. The summed E-state index contributed by atoms with van der Waals surface area (Å²) in [5.74, 6) is 0.141. The summed E-state index contributed by atoms with van der Waals surface area (Å²) in [6.07, 6.45) is 7.64. The Morgan fingerprint density at radius 1 is 1.24 bits per heavy atom. The summed E-state index contributed by atoms with van der Waals surface area (Å²) in [6, 6.07) is 9.88. The molecule has 0 spiro atoms. The zero-order valence-corrected chi connectivity index (χ0v) is 19.8. The minimum atomic E-state index is -0.204. The normalized spacial score (nSPS) is 21.1. The van der Waals surface area contributed by atoms with Gasteiger partial charge in [-0.05, 0) is 31.2 Å². The molecule has 2 aromatic heterocycles. The van der Waals surface area contributed by atoms with E-state index in [9.17, 15) is 9.59 Å². The van der Waals surface area contributed by atoms with Gasteiger partial charge in [0, 0.05) is 37.0 Å². The van der Waals surface area contributed by atoms with Gasteiger partial charge in [0.25, 0.3) is 0 Å². The first kappa shape index (κ1) is 22.5. The van der Waals surface area contributed by atoms with E-state index >= 15 is 0 Å². The van der Waals surface area contributed by atoms with Gasteiger partial charge in [-0.3, -0.25) is 9.59 Å². The summed E-state index contributed by atoms with van der Waals surface area (Å²) in [6.45, 7) is 1.84. The molecule has 9 nitrogen and oxygen atoms in total. The van der Waals surface area contributed by atoms with E-state index in [4.69, 9.17) is 0 Å². The summed E-state index contributed by atoms with van der Waals surface area (Å²) in [7, 11) is 0. The first-order chi connectivity index (χ1) is 16.7.